The Labute approximate surface area is 426 Å². The van der Waals surface area contributed by atoms with Gasteiger partial charge in [-0.2, -0.15) is 0 Å². The molecule has 2 aliphatic rings. The highest BCUT2D eigenvalue weighted by molar-refractivity contribution is 7.01. The van der Waals surface area contributed by atoms with E-state index in [0.29, 0.717) is 0 Å². The third-order valence-electron chi connectivity index (χ3n) is 16.6. The van der Waals surface area contributed by atoms with Crippen LogP contribution in [-0.4, -0.2) is 6.71 Å². The zero-order valence-corrected chi connectivity index (χ0v) is 42.2. The maximum atomic E-state index is 2.64. The molecule has 2 heterocycles. The summed E-state index contributed by atoms with van der Waals surface area (Å²) < 4.78 is 0. The van der Waals surface area contributed by atoms with Gasteiger partial charge in [0.15, 0.2) is 0 Å². The molecular formula is C70H53BN2. The van der Waals surface area contributed by atoms with E-state index in [4.69, 9.17) is 0 Å². The molecule has 0 saturated carbocycles. The quantitative estimate of drug-likeness (QED) is 0.126. The molecule has 15 rings (SSSR count). The van der Waals surface area contributed by atoms with E-state index in [9.17, 15) is 0 Å². The molecule has 0 atom stereocenters. The molecular weight excluding hydrogens is 880 g/mol. The van der Waals surface area contributed by atoms with E-state index < -0.39 is 0 Å². The van der Waals surface area contributed by atoms with Crippen molar-refractivity contribution < 1.29 is 0 Å². The maximum Gasteiger partial charge on any atom is 0.252 e. The normalized spacial score (nSPS) is 13.5. The molecule has 0 N–H and O–H groups in total. The van der Waals surface area contributed by atoms with Crippen LogP contribution in [0, 0.1) is 0 Å². The number of fused-ring (bicyclic) bond motifs is 20. The Balaban J connectivity index is 1.10. The first-order valence-electron chi connectivity index (χ1n) is 26.0. The van der Waals surface area contributed by atoms with Crippen LogP contribution in [0.1, 0.15) is 52.7 Å². The zero-order valence-electron chi connectivity index (χ0n) is 42.2. The topological polar surface area (TPSA) is 6.48 Å². The summed E-state index contributed by atoms with van der Waals surface area (Å²) in [6.07, 6.45) is 0. The van der Waals surface area contributed by atoms with Gasteiger partial charge in [-0.15, -0.1) is 0 Å². The summed E-state index contributed by atoms with van der Waals surface area (Å²) in [4.78, 5) is 5.27. The first-order chi connectivity index (χ1) is 35.5. The first kappa shape index (κ1) is 42.3. The lowest BCUT2D eigenvalue weighted by Crippen LogP contribution is -2.61. The summed E-state index contributed by atoms with van der Waals surface area (Å²) >= 11 is 0. The lowest BCUT2D eigenvalue weighted by atomic mass is 9.33. The van der Waals surface area contributed by atoms with Crippen LogP contribution >= 0.6 is 0 Å². The Kier molecular flexibility index (Phi) is 8.73. The van der Waals surface area contributed by atoms with Gasteiger partial charge in [-0.05, 0) is 150 Å². The van der Waals surface area contributed by atoms with Crippen molar-refractivity contribution in [3.05, 3.63) is 223 Å². The minimum absolute atomic E-state index is 0.0597. The number of anilines is 6. The van der Waals surface area contributed by atoms with E-state index in [1.54, 1.807) is 0 Å². The van der Waals surface area contributed by atoms with Crippen molar-refractivity contribution in [2.24, 2.45) is 0 Å². The van der Waals surface area contributed by atoms with Gasteiger partial charge in [0.25, 0.3) is 6.71 Å². The Morgan fingerprint density at radius 2 is 0.562 bits per heavy atom. The van der Waals surface area contributed by atoms with E-state index >= 15 is 0 Å². The number of benzene rings is 13. The van der Waals surface area contributed by atoms with E-state index in [2.05, 4.69) is 264 Å². The van der Waals surface area contributed by atoms with Gasteiger partial charge in [-0.3, -0.25) is 0 Å². The van der Waals surface area contributed by atoms with Crippen molar-refractivity contribution in [2.75, 3.05) is 9.80 Å². The molecule has 0 fully saturated rings. The molecule has 13 aromatic rings. The van der Waals surface area contributed by atoms with Gasteiger partial charge in [0.2, 0.25) is 0 Å². The second-order valence-electron chi connectivity index (χ2n) is 22.8. The average molecular weight is 933 g/mol. The molecule has 2 nitrogen and oxygen atoms in total. The van der Waals surface area contributed by atoms with Crippen LogP contribution in [0.4, 0.5) is 34.1 Å². The van der Waals surface area contributed by atoms with Gasteiger partial charge in [-0.1, -0.05) is 217 Å². The van der Waals surface area contributed by atoms with E-state index in [-0.39, 0.29) is 17.5 Å². The highest BCUT2D eigenvalue weighted by atomic mass is 15.2. The molecule has 2 aliphatic heterocycles. The fourth-order valence-electron chi connectivity index (χ4n) is 13.5. The monoisotopic (exact) mass is 932 g/mol. The molecule has 346 valence electrons. The van der Waals surface area contributed by atoms with Crippen molar-refractivity contribution in [2.45, 2.75) is 52.4 Å². The summed E-state index contributed by atoms with van der Waals surface area (Å²) in [7, 11) is 0. The van der Waals surface area contributed by atoms with Crippen LogP contribution in [0.15, 0.2) is 212 Å². The third-order valence-corrected chi connectivity index (χ3v) is 16.6. The number of hydrogen-bond acceptors (Lipinski definition) is 2. The number of rotatable bonds is 2. The molecule has 73 heavy (non-hydrogen) atoms. The molecule has 0 bridgehead atoms. The minimum atomic E-state index is -0.121. The van der Waals surface area contributed by atoms with Crippen molar-refractivity contribution in [1.82, 2.24) is 0 Å². The number of nitrogens with zero attached hydrogens (tertiary/aromatic N) is 2. The molecule has 0 radical (unpaired) electrons. The fourth-order valence-corrected chi connectivity index (χ4v) is 13.5. The molecule has 0 spiro atoms. The van der Waals surface area contributed by atoms with Crippen LogP contribution in [-0.2, 0) is 10.8 Å². The molecule has 0 aromatic heterocycles. The summed E-state index contributed by atoms with van der Waals surface area (Å²) in [6.45, 7) is 14.2. The summed E-state index contributed by atoms with van der Waals surface area (Å²) in [6, 6.07) is 81.0. The SMILES string of the molecule is CC(C)(C)c1cc2c(c3ccccc13)N(c1ccc3c4ccccc4c4ccccc4c3c1)c1cccc3c1B2c1cc(C(C)(C)C)c2ccccc2c1N3c1ccc2c3ccccc3c3ccccc3c2c1. The van der Waals surface area contributed by atoms with E-state index in [1.807, 2.05) is 0 Å². The van der Waals surface area contributed by atoms with Crippen molar-refractivity contribution in [1.29, 1.82) is 0 Å². The lowest BCUT2D eigenvalue weighted by molar-refractivity contribution is 0.596. The van der Waals surface area contributed by atoms with Crippen molar-refractivity contribution in [3.63, 3.8) is 0 Å². The maximum absolute atomic E-state index is 2.64. The summed E-state index contributed by atoms with van der Waals surface area (Å²) in [5, 5.41) is 20.5. The Bertz CT molecular complexity index is 4190. The van der Waals surface area contributed by atoms with E-state index in [0.717, 1.165) is 11.4 Å². The fraction of sp³-hybridized carbons (Fsp3) is 0.114. The Hall–Kier alpha value is -8.40. The molecule has 0 amide bonds. The van der Waals surface area contributed by atoms with Crippen molar-refractivity contribution in [3.8, 4) is 0 Å². The highest BCUT2D eigenvalue weighted by Gasteiger charge is 2.46. The Morgan fingerprint density at radius 3 is 0.890 bits per heavy atom. The van der Waals surface area contributed by atoms with Crippen LogP contribution in [0.5, 0.6) is 0 Å². The van der Waals surface area contributed by atoms with Gasteiger partial charge < -0.3 is 9.80 Å². The summed E-state index contributed by atoms with van der Waals surface area (Å²) in [5.74, 6) is 0. The largest absolute Gasteiger partial charge is 0.311 e. The minimum Gasteiger partial charge on any atom is -0.311 e. The smallest absolute Gasteiger partial charge is 0.252 e. The predicted octanol–water partition coefficient (Wildman–Crippen LogP) is 17.6. The second kappa shape index (κ2) is 15.1. The molecule has 0 unspecified atom stereocenters. The van der Waals surface area contributed by atoms with Gasteiger partial charge >= 0.3 is 0 Å². The van der Waals surface area contributed by atoms with Gasteiger partial charge in [0, 0.05) is 44.9 Å². The van der Waals surface area contributed by atoms with Gasteiger partial charge in [0.05, 0.1) is 0 Å². The lowest BCUT2D eigenvalue weighted by Gasteiger charge is -2.46. The second-order valence-corrected chi connectivity index (χ2v) is 22.8. The summed E-state index contributed by atoms with van der Waals surface area (Å²) in [5.41, 5.74) is 13.8. The molecule has 3 heteroatoms. The van der Waals surface area contributed by atoms with Gasteiger partial charge in [0.1, 0.15) is 0 Å². The Morgan fingerprint density at radius 1 is 0.274 bits per heavy atom. The van der Waals surface area contributed by atoms with Crippen molar-refractivity contribution >= 4 is 143 Å². The van der Waals surface area contributed by atoms with E-state index in [1.165, 1.54) is 136 Å². The first-order valence-corrected chi connectivity index (χ1v) is 26.0. The van der Waals surface area contributed by atoms with Crippen LogP contribution in [0.2, 0.25) is 0 Å². The van der Waals surface area contributed by atoms with Crippen LogP contribution < -0.4 is 26.2 Å². The molecule has 13 aromatic carbocycles. The molecule has 0 saturated heterocycles. The van der Waals surface area contributed by atoms with Crippen LogP contribution in [0.25, 0.3) is 86.2 Å². The zero-order chi connectivity index (χ0) is 49.1. The van der Waals surface area contributed by atoms with Gasteiger partial charge in [-0.25, -0.2) is 0 Å². The molecule has 0 aliphatic carbocycles. The third kappa shape index (κ3) is 5.94. The standard InChI is InChI=1S/C70H53BN2/c1-69(2,3)60-40-62-67(56-30-17-15-28-54(56)60)72(42-34-36-52-48-24-9-7-20-44(48)46-22-11-13-26-50(46)58(52)38-42)64-32-19-33-65-66(64)71(62)63-41-61(70(4,5)6)55-29-16-18-31-57(55)68(63)73(65)43-35-37-53-49-25-10-8-21-45(49)47-23-12-14-27-51(47)59(53)39-43/h7-41H,1-6H3. The highest BCUT2D eigenvalue weighted by Crippen LogP contribution is 2.51. The number of hydrogen-bond donors (Lipinski definition) is 0. The van der Waals surface area contributed by atoms with Crippen LogP contribution in [0.3, 0.4) is 0 Å². The predicted molar refractivity (Wildman–Crippen MR) is 318 cm³/mol. The average Bonchev–Trinajstić information content (AvgIpc) is 3.42.